The Morgan fingerprint density at radius 3 is 2.62 bits per heavy atom. The van der Waals surface area contributed by atoms with Crippen LogP contribution < -0.4 is 10.2 Å². The first-order valence-electron chi connectivity index (χ1n) is 11.1. The number of rotatable bonds is 4. The Labute approximate surface area is 185 Å². The summed E-state index contributed by atoms with van der Waals surface area (Å²) in [6.45, 7) is 6.90. The molecule has 9 heteroatoms. The van der Waals surface area contributed by atoms with Gasteiger partial charge in [-0.15, -0.1) is 0 Å². The van der Waals surface area contributed by atoms with Gasteiger partial charge in [-0.25, -0.2) is 14.4 Å². The third kappa shape index (κ3) is 3.52. The summed E-state index contributed by atoms with van der Waals surface area (Å²) in [4.78, 5) is 16.7. The summed E-state index contributed by atoms with van der Waals surface area (Å²) in [7, 11) is 0. The standard InChI is InChI=1S/C23H26FN7O/c24-18-7-5-17(6-8-18)21-27-22-25-15-29(10-9-28-11-13-32-14-12-28)16-30(22)23-26-19-3-1-2-4-20(19)31(21)23/h1-8,21H,9-16H2,(H,25,27)/t21-/m0/s1. The van der Waals surface area contributed by atoms with E-state index in [1.54, 1.807) is 0 Å². The third-order valence-corrected chi connectivity index (χ3v) is 6.38. The maximum absolute atomic E-state index is 13.6. The van der Waals surface area contributed by atoms with Crippen LogP contribution in [0.15, 0.2) is 53.5 Å². The van der Waals surface area contributed by atoms with Gasteiger partial charge in [-0.3, -0.25) is 19.3 Å². The van der Waals surface area contributed by atoms with Gasteiger partial charge in [0.2, 0.25) is 11.9 Å². The van der Waals surface area contributed by atoms with E-state index in [1.807, 2.05) is 30.3 Å². The zero-order chi connectivity index (χ0) is 21.5. The first kappa shape index (κ1) is 19.7. The fraction of sp³-hybridized carbons (Fsp3) is 0.391. The summed E-state index contributed by atoms with van der Waals surface area (Å²) in [6, 6.07) is 14.8. The monoisotopic (exact) mass is 435 g/mol. The number of fused-ring (bicyclic) bond motifs is 5. The number of aromatic nitrogens is 2. The fourth-order valence-corrected chi connectivity index (χ4v) is 4.64. The van der Waals surface area contributed by atoms with Gasteiger partial charge in [0.05, 0.1) is 37.6 Å². The van der Waals surface area contributed by atoms with Crippen molar-refractivity contribution in [2.45, 2.75) is 6.17 Å². The van der Waals surface area contributed by atoms with E-state index in [0.29, 0.717) is 6.67 Å². The molecule has 3 aromatic rings. The van der Waals surface area contributed by atoms with Crippen LogP contribution in [0.3, 0.4) is 0 Å². The van der Waals surface area contributed by atoms with Gasteiger partial charge in [-0.05, 0) is 29.8 Å². The van der Waals surface area contributed by atoms with E-state index in [-0.39, 0.29) is 12.0 Å². The first-order valence-corrected chi connectivity index (χ1v) is 11.1. The predicted octanol–water partition coefficient (Wildman–Crippen LogP) is 2.05. The molecule has 0 bridgehead atoms. The van der Waals surface area contributed by atoms with Crippen LogP contribution in [0.4, 0.5) is 10.3 Å². The molecule has 32 heavy (non-hydrogen) atoms. The first-order chi connectivity index (χ1) is 15.8. The molecule has 1 fully saturated rings. The van der Waals surface area contributed by atoms with Crippen molar-refractivity contribution < 1.29 is 9.13 Å². The molecule has 0 saturated carbocycles. The molecule has 2 aromatic carbocycles. The number of hydrogen-bond donors (Lipinski definition) is 1. The Balaban J connectivity index is 1.32. The number of halogens is 1. The highest BCUT2D eigenvalue weighted by Crippen LogP contribution is 2.33. The molecule has 3 aliphatic heterocycles. The van der Waals surface area contributed by atoms with E-state index in [9.17, 15) is 4.39 Å². The van der Waals surface area contributed by atoms with Crippen molar-refractivity contribution in [3.63, 3.8) is 0 Å². The molecule has 0 amide bonds. The maximum Gasteiger partial charge on any atom is 0.216 e. The van der Waals surface area contributed by atoms with Crippen molar-refractivity contribution >= 4 is 22.9 Å². The minimum Gasteiger partial charge on any atom is -0.379 e. The number of guanidine groups is 1. The van der Waals surface area contributed by atoms with Crippen LogP contribution in [0.2, 0.25) is 0 Å². The van der Waals surface area contributed by atoms with Crippen LogP contribution in [0.5, 0.6) is 0 Å². The second-order valence-corrected chi connectivity index (χ2v) is 8.41. The van der Waals surface area contributed by atoms with Crippen LogP contribution in [-0.4, -0.2) is 78.0 Å². The number of ether oxygens (including phenoxy) is 1. The number of hydrogen-bond acceptors (Lipinski definition) is 7. The van der Waals surface area contributed by atoms with Gasteiger partial charge in [-0.1, -0.05) is 24.3 Å². The molecule has 0 unspecified atom stereocenters. The van der Waals surface area contributed by atoms with Crippen molar-refractivity contribution in [3.8, 4) is 0 Å². The second kappa shape index (κ2) is 8.16. The topological polar surface area (TPSA) is 61.2 Å². The quantitative estimate of drug-likeness (QED) is 0.677. The summed E-state index contributed by atoms with van der Waals surface area (Å²) in [5, 5.41) is 3.57. The number of nitrogens with zero attached hydrogens (tertiary/aromatic N) is 6. The molecule has 0 radical (unpaired) electrons. The predicted molar refractivity (Wildman–Crippen MR) is 121 cm³/mol. The Morgan fingerprint density at radius 1 is 1.00 bits per heavy atom. The minimum atomic E-state index is -0.243. The highest BCUT2D eigenvalue weighted by Gasteiger charge is 2.35. The Morgan fingerprint density at radius 2 is 1.78 bits per heavy atom. The molecule has 4 heterocycles. The number of imidazole rings is 1. The smallest absolute Gasteiger partial charge is 0.216 e. The normalized spacial score (nSPS) is 21.7. The van der Waals surface area contributed by atoms with Crippen LogP contribution in [0.25, 0.3) is 11.0 Å². The summed E-state index contributed by atoms with van der Waals surface area (Å²) in [6.07, 6.45) is -0.201. The molecule has 0 aliphatic carbocycles. The van der Waals surface area contributed by atoms with E-state index in [4.69, 9.17) is 14.7 Å². The van der Waals surface area contributed by atoms with Gasteiger partial charge in [-0.2, -0.15) is 0 Å². The van der Waals surface area contributed by atoms with Crippen molar-refractivity contribution in [1.82, 2.24) is 24.7 Å². The Hall–Kier alpha value is -3.01. The minimum absolute atomic E-state index is 0.201. The molecular weight excluding hydrogens is 409 g/mol. The molecule has 0 spiro atoms. The SMILES string of the molecule is Fc1ccc([C@H]2NC3=NCN(CCN4CCOCC4)CN3c3nc4ccccc4n32)cc1. The number of aliphatic imine (C=N–C) groups is 1. The van der Waals surface area contributed by atoms with Crippen LogP contribution >= 0.6 is 0 Å². The molecule has 6 rings (SSSR count). The van der Waals surface area contributed by atoms with Crippen molar-refractivity contribution in [3.05, 3.63) is 59.9 Å². The molecule has 8 nitrogen and oxygen atoms in total. The van der Waals surface area contributed by atoms with E-state index in [0.717, 1.165) is 74.6 Å². The van der Waals surface area contributed by atoms with Crippen LogP contribution in [0.1, 0.15) is 11.7 Å². The molecule has 1 aromatic heterocycles. The van der Waals surface area contributed by atoms with E-state index < -0.39 is 0 Å². The molecule has 3 aliphatic rings. The summed E-state index contributed by atoms with van der Waals surface area (Å²) in [5.41, 5.74) is 2.94. The number of para-hydroxylation sites is 2. The van der Waals surface area contributed by atoms with Crippen LogP contribution in [-0.2, 0) is 4.74 Å². The van der Waals surface area contributed by atoms with E-state index >= 15 is 0 Å². The molecular formula is C23H26FN7O. The summed E-state index contributed by atoms with van der Waals surface area (Å²) in [5.74, 6) is 1.42. The van der Waals surface area contributed by atoms with Gasteiger partial charge in [0, 0.05) is 26.2 Å². The van der Waals surface area contributed by atoms with Gasteiger partial charge >= 0.3 is 0 Å². The van der Waals surface area contributed by atoms with Crippen molar-refractivity contribution in [2.24, 2.45) is 4.99 Å². The number of benzene rings is 2. The average Bonchev–Trinajstić information content (AvgIpc) is 3.23. The lowest BCUT2D eigenvalue weighted by Gasteiger charge is -2.42. The van der Waals surface area contributed by atoms with Gasteiger partial charge < -0.3 is 10.1 Å². The number of nitrogens with one attached hydrogen (secondary N) is 1. The van der Waals surface area contributed by atoms with E-state index in [1.165, 1.54) is 12.1 Å². The molecule has 1 saturated heterocycles. The van der Waals surface area contributed by atoms with Crippen LogP contribution in [0, 0.1) is 5.82 Å². The lowest BCUT2D eigenvalue weighted by Crippen LogP contribution is -2.58. The second-order valence-electron chi connectivity index (χ2n) is 8.41. The Bertz CT molecular complexity index is 1140. The van der Waals surface area contributed by atoms with Gasteiger partial charge in [0.25, 0.3) is 0 Å². The molecule has 166 valence electrons. The van der Waals surface area contributed by atoms with Crippen molar-refractivity contribution in [1.29, 1.82) is 0 Å². The largest absolute Gasteiger partial charge is 0.379 e. The third-order valence-electron chi connectivity index (χ3n) is 6.38. The lowest BCUT2D eigenvalue weighted by molar-refractivity contribution is 0.0334. The zero-order valence-corrected chi connectivity index (χ0v) is 17.8. The maximum atomic E-state index is 13.6. The number of anilines is 1. The highest BCUT2D eigenvalue weighted by molar-refractivity contribution is 5.98. The van der Waals surface area contributed by atoms with Crippen molar-refractivity contribution in [2.75, 3.05) is 57.6 Å². The van der Waals surface area contributed by atoms with E-state index in [2.05, 4.69) is 30.6 Å². The fourth-order valence-electron chi connectivity index (χ4n) is 4.64. The Kier molecular flexibility index (Phi) is 5.01. The van der Waals surface area contributed by atoms with Gasteiger partial charge in [0.1, 0.15) is 12.0 Å². The molecule has 1 N–H and O–H groups in total. The summed E-state index contributed by atoms with van der Waals surface area (Å²) >= 11 is 0. The highest BCUT2D eigenvalue weighted by atomic mass is 19.1. The number of morpholine rings is 1. The lowest BCUT2D eigenvalue weighted by atomic mass is 10.1. The average molecular weight is 436 g/mol. The van der Waals surface area contributed by atoms with Gasteiger partial charge in [0.15, 0.2) is 0 Å². The summed E-state index contributed by atoms with van der Waals surface area (Å²) < 4.78 is 21.2. The molecule has 1 atom stereocenters. The zero-order valence-electron chi connectivity index (χ0n) is 17.8.